The zero-order chi connectivity index (χ0) is 22.1. The highest BCUT2D eigenvalue weighted by Gasteiger charge is 2.28. The summed E-state index contributed by atoms with van der Waals surface area (Å²) in [6.07, 6.45) is 0.505. The van der Waals surface area contributed by atoms with Crippen LogP contribution in [0.5, 0.6) is 11.5 Å². The highest BCUT2D eigenvalue weighted by atomic mass is 16.5. The van der Waals surface area contributed by atoms with Crippen molar-refractivity contribution in [2.45, 2.75) is 46.7 Å². The van der Waals surface area contributed by atoms with Crippen LogP contribution in [-0.4, -0.2) is 43.0 Å². The van der Waals surface area contributed by atoms with Gasteiger partial charge in [0.2, 0.25) is 5.91 Å². The van der Waals surface area contributed by atoms with Gasteiger partial charge in [-0.2, -0.15) is 0 Å². The van der Waals surface area contributed by atoms with Crippen molar-refractivity contribution in [2.75, 3.05) is 20.3 Å². The van der Waals surface area contributed by atoms with E-state index in [1.807, 2.05) is 70.2 Å². The topological polar surface area (TPSA) is 67.9 Å². The summed E-state index contributed by atoms with van der Waals surface area (Å²) >= 11 is 0. The minimum absolute atomic E-state index is 0.137. The Bertz CT molecular complexity index is 866. The molecule has 6 heteroatoms. The zero-order valence-corrected chi connectivity index (χ0v) is 18.5. The van der Waals surface area contributed by atoms with E-state index in [0.717, 1.165) is 16.7 Å². The van der Waals surface area contributed by atoms with Crippen molar-refractivity contribution in [2.24, 2.45) is 0 Å². The molecular weight excluding hydrogens is 380 g/mol. The van der Waals surface area contributed by atoms with Crippen molar-refractivity contribution in [1.29, 1.82) is 0 Å². The van der Waals surface area contributed by atoms with E-state index in [2.05, 4.69) is 5.32 Å². The van der Waals surface area contributed by atoms with Gasteiger partial charge in [0.25, 0.3) is 5.91 Å². The highest BCUT2D eigenvalue weighted by Crippen LogP contribution is 2.19. The second-order valence-electron chi connectivity index (χ2n) is 7.23. The fraction of sp³-hybridized carbons (Fsp3) is 0.417. The quantitative estimate of drug-likeness (QED) is 0.647. The number of carbonyl (C=O) groups is 2. The summed E-state index contributed by atoms with van der Waals surface area (Å²) in [5.41, 5.74) is 3.15. The van der Waals surface area contributed by atoms with Crippen molar-refractivity contribution < 1.29 is 19.1 Å². The Hall–Kier alpha value is -3.02. The molecule has 1 N–H and O–H groups in total. The minimum Gasteiger partial charge on any atom is -0.497 e. The molecule has 1 unspecified atom stereocenters. The molecule has 0 aliphatic heterocycles. The van der Waals surface area contributed by atoms with Gasteiger partial charge in [0.15, 0.2) is 6.61 Å². The van der Waals surface area contributed by atoms with Gasteiger partial charge in [-0.1, -0.05) is 25.1 Å². The maximum absolute atomic E-state index is 13.1. The van der Waals surface area contributed by atoms with Crippen LogP contribution in [0.2, 0.25) is 0 Å². The van der Waals surface area contributed by atoms with Gasteiger partial charge in [0.1, 0.15) is 17.5 Å². The second kappa shape index (κ2) is 11.2. The Labute approximate surface area is 179 Å². The van der Waals surface area contributed by atoms with Gasteiger partial charge in [-0.3, -0.25) is 9.59 Å². The molecule has 2 aromatic rings. The molecule has 30 heavy (non-hydrogen) atoms. The molecule has 0 saturated carbocycles. The first-order valence-electron chi connectivity index (χ1n) is 10.3. The molecule has 0 aliphatic carbocycles. The maximum Gasteiger partial charge on any atom is 0.261 e. The molecule has 162 valence electrons. The number of rotatable bonds is 10. The normalized spacial score (nSPS) is 11.5. The van der Waals surface area contributed by atoms with Crippen LogP contribution in [0.4, 0.5) is 0 Å². The first-order chi connectivity index (χ1) is 14.4. The molecule has 0 spiro atoms. The summed E-state index contributed by atoms with van der Waals surface area (Å²) in [4.78, 5) is 27.3. The molecule has 1 atom stereocenters. The molecule has 0 aromatic heterocycles. The highest BCUT2D eigenvalue weighted by molar-refractivity contribution is 5.88. The number of methoxy groups -OCH3 is 1. The summed E-state index contributed by atoms with van der Waals surface area (Å²) in [7, 11) is 1.60. The Balaban J connectivity index is 2.22. The number of nitrogens with zero attached hydrogens (tertiary/aromatic N) is 1. The van der Waals surface area contributed by atoms with Crippen molar-refractivity contribution in [1.82, 2.24) is 10.2 Å². The number of hydrogen-bond acceptors (Lipinski definition) is 4. The third-order valence-corrected chi connectivity index (χ3v) is 5.06. The number of aryl methyl sites for hydroxylation is 2. The molecule has 6 nitrogen and oxygen atoms in total. The van der Waals surface area contributed by atoms with Crippen LogP contribution in [0, 0.1) is 13.8 Å². The summed E-state index contributed by atoms with van der Waals surface area (Å²) in [5, 5.41) is 2.83. The Morgan fingerprint density at radius 2 is 1.80 bits per heavy atom. The molecular formula is C24H32N2O4. The smallest absolute Gasteiger partial charge is 0.261 e. The molecule has 0 aliphatic rings. The van der Waals surface area contributed by atoms with E-state index in [1.54, 1.807) is 12.0 Å². The van der Waals surface area contributed by atoms with Crippen molar-refractivity contribution >= 4 is 11.8 Å². The average molecular weight is 413 g/mol. The molecule has 0 bridgehead atoms. The van der Waals surface area contributed by atoms with Gasteiger partial charge >= 0.3 is 0 Å². The Kier molecular flexibility index (Phi) is 8.71. The Morgan fingerprint density at radius 3 is 2.43 bits per heavy atom. The molecule has 0 fully saturated rings. The lowest BCUT2D eigenvalue weighted by atomic mass is 10.1. The van der Waals surface area contributed by atoms with E-state index in [4.69, 9.17) is 9.47 Å². The van der Waals surface area contributed by atoms with Gasteiger partial charge in [-0.25, -0.2) is 0 Å². The number of amides is 2. The van der Waals surface area contributed by atoms with Crippen LogP contribution < -0.4 is 14.8 Å². The first kappa shape index (κ1) is 23.3. The number of carbonyl (C=O) groups excluding carboxylic acids is 2. The number of benzene rings is 2. The van der Waals surface area contributed by atoms with E-state index >= 15 is 0 Å². The van der Waals surface area contributed by atoms with Crippen LogP contribution in [0.1, 0.15) is 37.0 Å². The standard InChI is InChI=1S/C24H32N2O4/c1-6-22(24(28)25-7-2)26(15-19-9-8-10-20(14-19)29-5)23(27)16-30-21-12-11-17(3)18(4)13-21/h8-14,22H,6-7,15-16H2,1-5H3,(H,25,28). The lowest BCUT2D eigenvalue weighted by molar-refractivity contribution is -0.142. The summed E-state index contributed by atoms with van der Waals surface area (Å²) in [6.45, 7) is 8.46. The van der Waals surface area contributed by atoms with E-state index in [-0.39, 0.29) is 18.4 Å². The van der Waals surface area contributed by atoms with Crippen LogP contribution in [0.25, 0.3) is 0 Å². The monoisotopic (exact) mass is 412 g/mol. The first-order valence-corrected chi connectivity index (χ1v) is 10.3. The van der Waals surface area contributed by atoms with Gasteiger partial charge in [-0.05, 0) is 68.1 Å². The molecule has 2 amide bonds. The van der Waals surface area contributed by atoms with Crippen molar-refractivity contribution in [3.05, 3.63) is 59.2 Å². The largest absolute Gasteiger partial charge is 0.497 e. The van der Waals surface area contributed by atoms with Gasteiger partial charge in [-0.15, -0.1) is 0 Å². The van der Waals surface area contributed by atoms with E-state index in [9.17, 15) is 9.59 Å². The van der Waals surface area contributed by atoms with Crippen molar-refractivity contribution in [3.8, 4) is 11.5 Å². The molecule has 0 saturated heterocycles. The SMILES string of the molecule is CCNC(=O)C(CC)N(Cc1cccc(OC)c1)C(=O)COc1ccc(C)c(C)c1. The fourth-order valence-electron chi connectivity index (χ4n) is 3.21. The molecule has 0 heterocycles. The van der Waals surface area contributed by atoms with Crippen LogP contribution in [0.15, 0.2) is 42.5 Å². The predicted molar refractivity (Wildman–Crippen MR) is 118 cm³/mol. The van der Waals surface area contributed by atoms with Gasteiger partial charge in [0.05, 0.1) is 7.11 Å². The summed E-state index contributed by atoms with van der Waals surface area (Å²) in [6, 6.07) is 12.7. The number of nitrogens with one attached hydrogen (secondary N) is 1. The summed E-state index contributed by atoms with van der Waals surface area (Å²) < 4.78 is 11.0. The lowest BCUT2D eigenvalue weighted by Crippen LogP contribution is -2.50. The lowest BCUT2D eigenvalue weighted by Gasteiger charge is -2.30. The third-order valence-electron chi connectivity index (χ3n) is 5.06. The predicted octanol–water partition coefficient (Wildman–Crippen LogP) is 3.63. The Morgan fingerprint density at radius 1 is 1.03 bits per heavy atom. The fourth-order valence-corrected chi connectivity index (χ4v) is 3.21. The van der Waals surface area contributed by atoms with Crippen molar-refractivity contribution in [3.63, 3.8) is 0 Å². The molecule has 0 radical (unpaired) electrons. The molecule has 2 aromatic carbocycles. The van der Waals surface area contributed by atoms with Gasteiger partial charge in [0, 0.05) is 13.1 Å². The minimum atomic E-state index is -0.577. The molecule has 2 rings (SSSR count). The van der Waals surface area contributed by atoms with Gasteiger partial charge < -0.3 is 19.7 Å². The summed E-state index contributed by atoms with van der Waals surface area (Å²) in [5.74, 6) is 0.938. The van der Waals surface area contributed by atoms with Crippen LogP contribution in [-0.2, 0) is 16.1 Å². The van der Waals surface area contributed by atoms with E-state index in [1.165, 1.54) is 0 Å². The second-order valence-corrected chi connectivity index (χ2v) is 7.23. The zero-order valence-electron chi connectivity index (χ0n) is 18.5. The van der Waals surface area contributed by atoms with Crippen LogP contribution >= 0.6 is 0 Å². The van der Waals surface area contributed by atoms with Crippen LogP contribution in [0.3, 0.4) is 0 Å². The van der Waals surface area contributed by atoms with E-state index in [0.29, 0.717) is 31.0 Å². The number of hydrogen-bond donors (Lipinski definition) is 1. The maximum atomic E-state index is 13.1. The number of ether oxygens (including phenoxy) is 2. The van der Waals surface area contributed by atoms with E-state index < -0.39 is 6.04 Å². The third kappa shape index (κ3) is 6.24. The average Bonchev–Trinajstić information content (AvgIpc) is 2.74. The number of likely N-dealkylation sites (N-methyl/N-ethyl adjacent to an activating group) is 1.